The second-order valence-electron chi connectivity index (χ2n) is 2.61. The normalized spacial score (nSPS) is 9.71. The zero-order valence-corrected chi connectivity index (χ0v) is 9.59. The molecule has 0 saturated heterocycles. The Bertz CT molecular complexity index is 312. The van der Waals surface area contributed by atoms with Gasteiger partial charge in [-0.05, 0) is 18.2 Å². The number of methoxy groups -OCH3 is 2. The van der Waals surface area contributed by atoms with E-state index in [1.165, 1.54) is 0 Å². The highest BCUT2D eigenvalue weighted by Gasteiger charge is 2.12. The van der Waals surface area contributed by atoms with Crippen molar-refractivity contribution >= 4 is 15.4 Å². The standard InChI is InChI=1S/C10H13O3Si/c1-4-13-7-5-6-8(14)10(12-3)9(7)11-2/h5-6H,4H2,1-3H3. The maximum atomic E-state index is 5.40. The van der Waals surface area contributed by atoms with Crippen molar-refractivity contribution in [3.8, 4) is 17.2 Å². The van der Waals surface area contributed by atoms with Gasteiger partial charge in [0, 0.05) is 0 Å². The summed E-state index contributed by atoms with van der Waals surface area (Å²) in [7, 11) is 6.61. The Balaban J connectivity index is 3.18. The quantitative estimate of drug-likeness (QED) is 0.689. The minimum absolute atomic E-state index is 0.598. The molecule has 0 heterocycles. The molecule has 3 radical (unpaired) electrons. The summed E-state index contributed by atoms with van der Waals surface area (Å²) in [6.07, 6.45) is 0. The number of ether oxygens (including phenoxy) is 3. The van der Waals surface area contributed by atoms with Crippen molar-refractivity contribution in [3.05, 3.63) is 12.1 Å². The summed E-state index contributed by atoms with van der Waals surface area (Å²) >= 11 is 0. The van der Waals surface area contributed by atoms with Crippen LogP contribution in [0.15, 0.2) is 12.1 Å². The lowest BCUT2D eigenvalue weighted by molar-refractivity contribution is 0.297. The van der Waals surface area contributed by atoms with Crippen LogP contribution in [0, 0.1) is 0 Å². The first kappa shape index (κ1) is 10.9. The Kier molecular flexibility index (Phi) is 3.82. The van der Waals surface area contributed by atoms with E-state index in [1.807, 2.05) is 19.1 Å². The van der Waals surface area contributed by atoms with Gasteiger partial charge >= 0.3 is 0 Å². The van der Waals surface area contributed by atoms with Crippen molar-refractivity contribution in [1.29, 1.82) is 0 Å². The van der Waals surface area contributed by atoms with Crippen molar-refractivity contribution in [2.75, 3.05) is 20.8 Å². The minimum Gasteiger partial charge on any atom is -0.493 e. The summed E-state index contributed by atoms with van der Waals surface area (Å²) in [5, 5.41) is 0.841. The van der Waals surface area contributed by atoms with E-state index in [0.717, 1.165) is 5.19 Å². The molecule has 0 aromatic heterocycles. The van der Waals surface area contributed by atoms with Crippen molar-refractivity contribution in [2.45, 2.75) is 6.92 Å². The maximum absolute atomic E-state index is 5.40. The Morgan fingerprint density at radius 3 is 2.29 bits per heavy atom. The summed E-state index contributed by atoms with van der Waals surface area (Å²) in [4.78, 5) is 0. The Hall–Kier alpha value is -1.16. The Morgan fingerprint density at radius 1 is 1.14 bits per heavy atom. The van der Waals surface area contributed by atoms with Crippen molar-refractivity contribution in [3.63, 3.8) is 0 Å². The van der Waals surface area contributed by atoms with E-state index in [4.69, 9.17) is 14.2 Å². The first-order chi connectivity index (χ1) is 6.74. The molecule has 0 aliphatic carbocycles. The molecule has 0 N–H and O–H groups in total. The maximum Gasteiger partial charge on any atom is 0.203 e. The predicted molar refractivity (Wildman–Crippen MR) is 56.1 cm³/mol. The average Bonchev–Trinajstić information content (AvgIpc) is 2.20. The molecule has 1 aromatic rings. The molecule has 0 unspecified atom stereocenters. The third-order valence-corrected chi connectivity index (χ3v) is 2.18. The molecular weight excluding hydrogens is 196 g/mol. The highest BCUT2D eigenvalue weighted by atomic mass is 28.1. The van der Waals surface area contributed by atoms with Gasteiger partial charge in [0.25, 0.3) is 0 Å². The summed E-state index contributed by atoms with van der Waals surface area (Å²) in [6, 6.07) is 3.70. The fraction of sp³-hybridized carbons (Fsp3) is 0.400. The van der Waals surface area contributed by atoms with Crippen LogP contribution in [0.4, 0.5) is 0 Å². The third-order valence-electron chi connectivity index (χ3n) is 1.78. The first-order valence-electron chi connectivity index (χ1n) is 4.34. The molecular formula is C10H13O3Si. The highest BCUT2D eigenvalue weighted by molar-refractivity contribution is 6.34. The van der Waals surface area contributed by atoms with E-state index in [2.05, 4.69) is 10.2 Å². The van der Waals surface area contributed by atoms with E-state index < -0.39 is 0 Å². The van der Waals surface area contributed by atoms with E-state index in [9.17, 15) is 0 Å². The highest BCUT2D eigenvalue weighted by Crippen LogP contribution is 2.34. The molecule has 0 saturated carbocycles. The van der Waals surface area contributed by atoms with Gasteiger partial charge < -0.3 is 14.2 Å². The lowest BCUT2D eigenvalue weighted by Crippen LogP contribution is -2.09. The van der Waals surface area contributed by atoms with Gasteiger partial charge in [-0.15, -0.1) is 0 Å². The predicted octanol–water partition coefficient (Wildman–Crippen LogP) is 0.896. The molecule has 0 spiro atoms. The number of hydrogen-bond acceptors (Lipinski definition) is 3. The van der Waals surface area contributed by atoms with Crippen LogP contribution in [0.2, 0.25) is 0 Å². The van der Waals surface area contributed by atoms with Gasteiger partial charge in [0.05, 0.1) is 31.1 Å². The van der Waals surface area contributed by atoms with E-state index in [0.29, 0.717) is 23.9 Å². The van der Waals surface area contributed by atoms with Crippen LogP contribution in [0.1, 0.15) is 6.92 Å². The largest absolute Gasteiger partial charge is 0.493 e. The fourth-order valence-electron chi connectivity index (χ4n) is 1.21. The summed E-state index contributed by atoms with van der Waals surface area (Å²) in [6.45, 7) is 2.52. The van der Waals surface area contributed by atoms with Crippen LogP contribution in [-0.2, 0) is 0 Å². The fourth-order valence-corrected chi connectivity index (χ4v) is 1.51. The van der Waals surface area contributed by atoms with Crippen LogP contribution >= 0.6 is 0 Å². The van der Waals surface area contributed by atoms with Gasteiger partial charge in [-0.25, -0.2) is 0 Å². The average molecular weight is 209 g/mol. The van der Waals surface area contributed by atoms with E-state index in [1.54, 1.807) is 14.2 Å². The van der Waals surface area contributed by atoms with Crippen LogP contribution in [0.25, 0.3) is 0 Å². The van der Waals surface area contributed by atoms with Gasteiger partial charge in [-0.1, -0.05) is 6.07 Å². The van der Waals surface area contributed by atoms with Gasteiger partial charge in [0.15, 0.2) is 11.5 Å². The molecule has 4 heteroatoms. The summed E-state index contributed by atoms with van der Waals surface area (Å²) < 4.78 is 15.8. The molecule has 75 valence electrons. The molecule has 0 aliphatic rings. The monoisotopic (exact) mass is 209 g/mol. The number of rotatable bonds is 4. The zero-order chi connectivity index (χ0) is 10.6. The number of hydrogen-bond donors (Lipinski definition) is 0. The lowest BCUT2D eigenvalue weighted by atomic mass is 10.3. The molecule has 0 fully saturated rings. The molecule has 3 nitrogen and oxygen atoms in total. The van der Waals surface area contributed by atoms with E-state index in [-0.39, 0.29) is 0 Å². The zero-order valence-electron chi connectivity index (χ0n) is 8.59. The minimum atomic E-state index is 0.598. The number of benzene rings is 1. The van der Waals surface area contributed by atoms with Gasteiger partial charge in [0.1, 0.15) is 0 Å². The van der Waals surface area contributed by atoms with Crippen LogP contribution < -0.4 is 19.4 Å². The molecule has 14 heavy (non-hydrogen) atoms. The molecule has 0 atom stereocenters. The molecule has 0 bridgehead atoms. The summed E-state index contributed by atoms with van der Waals surface area (Å²) in [5.74, 6) is 1.95. The second-order valence-corrected chi connectivity index (χ2v) is 3.15. The summed E-state index contributed by atoms with van der Waals surface area (Å²) in [5.41, 5.74) is 0. The molecule has 0 aliphatic heterocycles. The topological polar surface area (TPSA) is 27.7 Å². The Morgan fingerprint density at radius 2 is 1.79 bits per heavy atom. The van der Waals surface area contributed by atoms with Crippen molar-refractivity contribution in [1.82, 2.24) is 0 Å². The molecule has 1 aromatic carbocycles. The van der Waals surface area contributed by atoms with Gasteiger partial charge in [-0.2, -0.15) is 0 Å². The SMILES string of the molecule is CCOc1ccc([Si])c(OC)c1OC. The second kappa shape index (κ2) is 4.90. The third kappa shape index (κ3) is 2.01. The molecule has 0 amide bonds. The van der Waals surface area contributed by atoms with Crippen molar-refractivity contribution in [2.24, 2.45) is 0 Å². The lowest BCUT2D eigenvalue weighted by Gasteiger charge is -2.14. The van der Waals surface area contributed by atoms with Crippen LogP contribution in [-0.4, -0.2) is 31.1 Å². The van der Waals surface area contributed by atoms with Gasteiger partial charge in [-0.3, -0.25) is 0 Å². The smallest absolute Gasteiger partial charge is 0.203 e. The van der Waals surface area contributed by atoms with E-state index >= 15 is 0 Å². The first-order valence-corrected chi connectivity index (χ1v) is 4.84. The van der Waals surface area contributed by atoms with Crippen molar-refractivity contribution < 1.29 is 14.2 Å². The Labute approximate surface area is 87.4 Å². The van der Waals surface area contributed by atoms with Crippen LogP contribution in [0.3, 0.4) is 0 Å². The van der Waals surface area contributed by atoms with Gasteiger partial charge in [0.2, 0.25) is 5.75 Å². The molecule has 1 rings (SSSR count). The van der Waals surface area contributed by atoms with Crippen LogP contribution in [0.5, 0.6) is 17.2 Å².